The van der Waals surface area contributed by atoms with E-state index < -0.39 is 0 Å². The SMILES string of the molecule is COc1ccc2c(C3CCNCC3)nccc2c1. The second kappa shape index (κ2) is 4.94. The maximum absolute atomic E-state index is 5.28. The van der Waals surface area contributed by atoms with Gasteiger partial charge in [-0.15, -0.1) is 0 Å². The molecular weight excluding hydrogens is 224 g/mol. The van der Waals surface area contributed by atoms with E-state index in [1.54, 1.807) is 7.11 Å². The monoisotopic (exact) mass is 242 g/mol. The highest BCUT2D eigenvalue weighted by Crippen LogP contribution is 2.31. The summed E-state index contributed by atoms with van der Waals surface area (Å²) in [4.78, 5) is 4.62. The maximum atomic E-state index is 5.28. The molecule has 1 aromatic carbocycles. The summed E-state index contributed by atoms with van der Waals surface area (Å²) in [5.74, 6) is 1.49. The molecule has 2 aromatic rings. The number of rotatable bonds is 2. The number of methoxy groups -OCH3 is 1. The van der Waals surface area contributed by atoms with Gasteiger partial charge in [0.15, 0.2) is 0 Å². The van der Waals surface area contributed by atoms with E-state index in [0.29, 0.717) is 5.92 Å². The van der Waals surface area contributed by atoms with Crippen LogP contribution in [0.5, 0.6) is 5.75 Å². The standard InChI is InChI=1S/C15H18N2O/c1-18-13-2-3-14-12(10-13)6-9-17-15(14)11-4-7-16-8-5-11/h2-3,6,9-11,16H,4-5,7-8H2,1H3. The fourth-order valence-corrected chi connectivity index (χ4v) is 2.73. The van der Waals surface area contributed by atoms with E-state index >= 15 is 0 Å². The quantitative estimate of drug-likeness (QED) is 0.879. The molecule has 0 aliphatic carbocycles. The molecule has 1 aliphatic rings. The van der Waals surface area contributed by atoms with Crippen LogP contribution in [0.3, 0.4) is 0 Å². The zero-order valence-electron chi connectivity index (χ0n) is 10.6. The molecule has 1 saturated heterocycles. The molecule has 0 spiro atoms. The van der Waals surface area contributed by atoms with Crippen molar-refractivity contribution in [3.05, 3.63) is 36.2 Å². The van der Waals surface area contributed by atoms with Crippen molar-refractivity contribution in [1.82, 2.24) is 10.3 Å². The molecule has 1 aliphatic heterocycles. The fourth-order valence-electron chi connectivity index (χ4n) is 2.73. The fraction of sp³-hybridized carbons (Fsp3) is 0.400. The Morgan fingerprint density at radius 1 is 1.22 bits per heavy atom. The highest BCUT2D eigenvalue weighted by atomic mass is 16.5. The summed E-state index contributed by atoms with van der Waals surface area (Å²) in [5.41, 5.74) is 1.25. The normalized spacial score (nSPS) is 16.9. The largest absolute Gasteiger partial charge is 0.497 e. The van der Waals surface area contributed by atoms with E-state index in [4.69, 9.17) is 4.74 Å². The van der Waals surface area contributed by atoms with Crippen molar-refractivity contribution in [2.45, 2.75) is 18.8 Å². The summed E-state index contributed by atoms with van der Waals surface area (Å²) in [6, 6.07) is 8.30. The molecule has 0 amide bonds. The average Bonchev–Trinajstić information content (AvgIpc) is 2.47. The topological polar surface area (TPSA) is 34.1 Å². The Labute approximate surface area is 107 Å². The number of ether oxygens (including phenoxy) is 1. The first-order valence-corrected chi connectivity index (χ1v) is 6.52. The first-order chi connectivity index (χ1) is 8.88. The highest BCUT2D eigenvalue weighted by molar-refractivity contribution is 5.86. The molecule has 1 fully saturated rings. The molecule has 0 saturated carbocycles. The van der Waals surface area contributed by atoms with E-state index in [2.05, 4.69) is 28.5 Å². The first kappa shape index (κ1) is 11.5. The van der Waals surface area contributed by atoms with Crippen LogP contribution >= 0.6 is 0 Å². The second-order valence-electron chi connectivity index (χ2n) is 4.81. The Kier molecular flexibility index (Phi) is 3.15. The van der Waals surface area contributed by atoms with Gasteiger partial charge in [0, 0.05) is 17.5 Å². The van der Waals surface area contributed by atoms with Crippen LogP contribution in [0.25, 0.3) is 10.8 Å². The van der Waals surface area contributed by atoms with Crippen LogP contribution in [0, 0.1) is 0 Å². The lowest BCUT2D eigenvalue weighted by atomic mass is 9.91. The van der Waals surface area contributed by atoms with Crippen LogP contribution in [-0.4, -0.2) is 25.2 Å². The smallest absolute Gasteiger partial charge is 0.119 e. The number of hydrogen-bond acceptors (Lipinski definition) is 3. The van der Waals surface area contributed by atoms with Crippen LogP contribution in [0.2, 0.25) is 0 Å². The number of aromatic nitrogens is 1. The van der Waals surface area contributed by atoms with Gasteiger partial charge in [-0.2, -0.15) is 0 Å². The predicted molar refractivity (Wildman–Crippen MR) is 73.1 cm³/mol. The summed E-state index contributed by atoms with van der Waals surface area (Å²) in [6.45, 7) is 2.19. The number of fused-ring (bicyclic) bond motifs is 1. The third-order valence-electron chi connectivity index (χ3n) is 3.73. The number of pyridine rings is 1. The Morgan fingerprint density at radius 2 is 2.06 bits per heavy atom. The van der Waals surface area contributed by atoms with Gasteiger partial charge in [-0.05, 0) is 55.6 Å². The lowest BCUT2D eigenvalue weighted by molar-refractivity contribution is 0.415. The van der Waals surface area contributed by atoms with Crippen molar-refractivity contribution in [3.8, 4) is 5.75 Å². The molecular formula is C15H18N2O. The van der Waals surface area contributed by atoms with Crippen molar-refractivity contribution in [2.75, 3.05) is 20.2 Å². The molecule has 1 aromatic heterocycles. The molecule has 0 unspecified atom stereocenters. The molecule has 0 bridgehead atoms. The minimum Gasteiger partial charge on any atom is -0.497 e. The van der Waals surface area contributed by atoms with Crippen LogP contribution in [0.4, 0.5) is 0 Å². The van der Waals surface area contributed by atoms with E-state index in [-0.39, 0.29) is 0 Å². The van der Waals surface area contributed by atoms with E-state index in [9.17, 15) is 0 Å². The number of hydrogen-bond donors (Lipinski definition) is 1. The van der Waals surface area contributed by atoms with Gasteiger partial charge in [0.1, 0.15) is 5.75 Å². The summed E-state index contributed by atoms with van der Waals surface area (Å²) in [7, 11) is 1.70. The minimum atomic E-state index is 0.586. The molecule has 18 heavy (non-hydrogen) atoms. The molecule has 3 heteroatoms. The summed E-state index contributed by atoms with van der Waals surface area (Å²) in [5, 5.41) is 5.89. The van der Waals surface area contributed by atoms with Crippen molar-refractivity contribution in [2.24, 2.45) is 0 Å². The van der Waals surface area contributed by atoms with Gasteiger partial charge in [-0.1, -0.05) is 0 Å². The lowest BCUT2D eigenvalue weighted by Gasteiger charge is -2.23. The van der Waals surface area contributed by atoms with Crippen LogP contribution in [0.15, 0.2) is 30.5 Å². The van der Waals surface area contributed by atoms with E-state index in [0.717, 1.165) is 18.8 Å². The average molecular weight is 242 g/mol. The highest BCUT2D eigenvalue weighted by Gasteiger charge is 2.18. The number of piperidine rings is 1. The van der Waals surface area contributed by atoms with Gasteiger partial charge in [0.05, 0.1) is 12.8 Å². The van der Waals surface area contributed by atoms with Crippen LogP contribution in [-0.2, 0) is 0 Å². The van der Waals surface area contributed by atoms with Crippen molar-refractivity contribution in [3.63, 3.8) is 0 Å². The third-order valence-corrected chi connectivity index (χ3v) is 3.73. The van der Waals surface area contributed by atoms with Crippen LogP contribution in [0.1, 0.15) is 24.5 Å². The van der Waals surface area contributed by atoms with E-state index in [1.165, 1.54) is 29.3 Å². The zero-order chi connectivity index (χ0) is 12.4. The lowest BCUT2D eigenvalue weighted by Crippen LogP contribution is -2.27. The summed E-state index contributed by atoms with van der Waals surface area (Å²) in [6.07, 6.45) is 4.27. The van der Waals surface area contributed by atoms with Gasteiger partial charge in [0.25, 0.3) is 0 Å². The van der Waals surface area contributed by atoms with E-state index in [1.807, 2.05) is 12.3 Å². The Morgan fingerprint density at radius 3 is 2.83 bits per heavy atom. The zero-order valence-corrected chi connectivity index (χ0v) is 10.6. The molecule has 3 rings (SSSR count). The molecule has 2 heterocycles. The van der Waals surface area contributed by atoms with Crippen LogP contribution < -0.4 is 10.1 Å². The molecule has 0 radical (unpaired) electrons. The number of benzene rings is 1. The maximum Gasteiger partial charge on any atom is 0.119 e. The molecule has 0 atom stereocenters. The van der Waals surface area contributed by atoms with Crippen molar-refractivity contribution >= 4 is 10.8 Å². The second-order valence-corrected chi connectivity index (χ2v) is 4.81. The molecule has 3 nitrogen and oxygen atoms in total. The Hall–Kier alpha value is -1.61. The number of nitrogens with zero attached hydrogens (tertiary/aromatic N) is 1. The van der Waals surface area contributed by atoms with Crippen molar-refractivity contribution < 1.29 is 4.74 Å². The number of nitrogens with one attached hydrogen (secondary N) is 1. The minimum absolute atomic E-state index is 0.586. The van der Waals surface area contributed by atoms with Gasteiger partial charge in [-0.25, -0.2) is 0 Å². The first-order valence-electron chi connectivity index (χ1n) is 6.52. The van der Waals surface area contributed by atoms with Gasteiger partial charge in [0.2, 0.25) is 0 Å². The Bertz CT molecular complexity index is 547. The summed E-state index contributed by atoms with van der Waals surface area (Å²) < 4.78 is 5.28. The Balaban J connectivity index is 2.05. The van der Waals surface area contributed by atoms with Gasteiger partial charge >= 0.3 is 0 Å². The predicted octanol–water partition coefficient (Wildman–Crippen LogP) is 2.71. The van der Waals surface area contributed by atoms with Gasteiger partial charge in [-0.3, -0.25) is 4.98 Å². The summed E-state index contributed by atoms with van der Waals surface area (Å²) >= 11 is 0. The molecule has 1 N–H and O–H groups in total. The van der Waals surface area contributed by atoms with Crippen molar-refractivity contribution in [1.29, 1.82) is 0 Å². The van der Waals surface area contributed by atoms with Gasteiger partial charge < -0.3 is 10.1 Å². The molecule has 94 valence electrons. The third kappa shape index (κ3) is 2.06.